The van der Waals surface area contributed by atoms with Gasteiger partial charge >= 0.3 is 6.01 Å². The SMILES string of the molecule is CC(C)c1noc(N2CCC(COc3ccc(C4=CCC(CN5CCC(F)(F)C5)CC4)cc3)CC2)n1. The summed E-state index contributed by atoms with van der Waals surface area (Å²) in [5, 5.41) is 4.07. The third kappa shape index (κ3) is 6.25. The quantitative estimate of drug-likeness (QED) is 0.442. The van der Waals surface area contributed by atoms with Gasteiger partial charge in [0, 0.05) is 38.5 Å². The molecule has 36 heavy (non-hydrogen) atoms. The number of allylic oxidation sites excluding steroid dienone is 2. The Kier molecular flexibility index (Phi) is 7.60. The summed E-state index contributed by atoms with van der Waals surface area (Å²) in [7, 11) is 0. The van der Waals surface area contributed by atoms with Gasteiger partial charge in [0.05, 0.1) is 13.2 Å². The molecule has 1 aromatic heterocycles. The van der Waals surface area contributed by atoms with E-state index >= 15 is 0 Å². The van der Waals surface area contributed by atoms with Crippen molar-refractivity contribution in [3.8, 4) is 5.75 Å². The summed E-state index contributed by atoms with van der Waals surface area (Å²) in [6.45, 7) is 7.90. The van der Waals surface area contributed by atoms with Gasteiger partial charge in [-0.25, -0.2) is 8.78 Å². The first kappa shape index (κ1) is 25.2. The lowest BCUT2D eigenvalue weighted by Gasteiger charge is -2.30. The van der Waals surface area contributed by atoms with Gasteiger partial charge < -0.3 is 14.2 Å². The van der Waals surface area contributed by atoms with Crippen molar-refractivity contribution in [1.82, 2.24) is 15.0 Å². The number of alkyl halides is 2. The van der Waals surface area contributed by atoms with Gasteiger partial charge in [-0.3, -0.25) is 4.90 Å². The summed E-state index contributed by atoms with van der Waals surface area (Å²) in [6, 6.07) is 9.06. The van der Waals surface area contributed by atoms with Crippen molar-refractivity contribution in [2.24, 2.45) is 11.8 Å². The Bertz CT molecular complexity index is 1030. The van der Waals surface area contributed by atoms with Gasteiger partial charge in [0.2, 0.25) is 0 Å². The first-order chi connectivity index (χ1) is 17.3. The molecule has 2 fully saturated rings. The Morgan fingerprint density at radius 1 is 1.08 bits per heavy atom. The van der Waals surface area contributed by atoms with E-state index in [2.05, 4.69) is 59.2 Å². The lowest BCUT2D eigenvalue weighted by molar-refractivity contribution is 0.0107. The van der Waals surface area contributed by atoms with E-state index in [1.54, 1.807) is 0 Å². The van der Waals surface area contributed by atoms with Crippen LogP contribution >= 0.6 is 0 Å². The van der Waals surface area contributed by atoms with Gasteiger partial charge in [0.25, 0.3) is 5.92 Å². The number of rotatable bonds is 8. The molecule has 196 valence electrons. The molecule has 2 aliphatic heterocycles. The van der Waals surface area contributed by atoms with Crippen LogP contribution < -0.4 is 9.64 Å². The molecule has 0 radical (unpaired) electrons. The second kappa shape index (κ2) is 10.9. The number of anilines is 1. The maximum absolute atomic E-state index is 13.5. The van der Waals surface area contributed by atoms with Gasteiger partial charge in [-0.2, -0.15) is 4.98 Å². The van der Waals surface area contributed by atoms with Crippen molar-refractivity contribution in [2.45, 2.75) is 64.2 Å². The Balaban J connectivity index is 1.04. The molecule has 0 spiro atoms. The molecule has 3 heterocycles. The first-order valence-corrected chi connectivity index (χ1v) is 13.5. The van der Waals surface area contributed by atoms with E-state index in [0.717, 1.165) is 63.3 Å². The van der Waals surface area contributed by atoms with Crippen molar-refractivity contribution in [3.05, 3.63) is 41.7 Å². The molecular weight excluding hydrogens is 462 g/mol. The average molecular weight is 501 g/mol. The van der Waals surface area contributed by atoms with Crippen LogP contribution in [-0.4, -0.2) is 60.3 Å². The van der Waals surface area contributed by atoms with Crippen LogP contribution in [0.15, 0.2) is 34.9 Å². The highest BCUT2D eigenvalue weighted by molar-refractivity contribution is 5.66. The molecule has 0 bridgehead atoms. The van der Waals surface area contributed by atoms with Crippen LogP contribution in [0.5, 0.6) is 5.75 Å². The Hall–Kier alpha value is -2.48. The first-order valence-electron chi connectivity index (χ1n) is 13.5. The summed E-state index contributed by atoms with van der Waals surface area (Å²) in [5.41, 5.74) is 2.60. The lowest BCUT2D eigenvalue weighted by Crippen LogP contribution is -2.35. The third-order valence-corrected chi connectivity index (χ3v) is 7.83. The van der Waals surface area contributed by atoms with Crippen LogP contribution in [-0.2, 0) is 0 Å². The average Bonchev–Trinajstić information content (AvgIpc) is 3.51. The van der Waals surface area contributed by atoms with E-state index in [4.69, 9.17) is 9.26 Å². The molecule has 1 aromatic carbocycles. The van der Waals surface area contributed by atoms with Crippen LogP contribution in [0.2, 0.25) is 0 Å². The van der Waals surface area contributed by atoms with E-state index < -0.39 is 5.92 Å². The Morgan fingerprint density at radius 3 is 2.47 bits per heavy atom. The highest BCUT2D eigenvalue weighted by Gasteiger charge is 2.38. The van der Waals surface area contributed by atoms with E-state index in [1.165, 1.54) is 11.1 Å². The summed E-state index contributed by atoms with van der Waals surface area (Å²) in [5.74, 6) is 0.435. The maximum Gasteiger partial charge on any atom is 0.324 e. The number of likely N-dealkylation sites (tertiary alicyclic amines) is 1. The predicted molar refractivity (Wildman–Crippen MR) is 137 cm³/mol. The van der Waals surface area contributed by atoms with E-state index in [0.29, 0.717) is 31.0 Å². The highest BCUT2D eigenvalue weighted by atomic mass is 19.3. The summed E-state index contributed by atoms with van der Waals surface area (Å²) in [6.07, 6.45) is 7.44. The number of hydrogen-bond donors (Lipinski definition) is 0. The molecule has 0 N–H and O–H groups in total. The molecule has 1 unspecified atom stereocenters. The molecule has 1 atom stereocenters. The predicted octanol–water partition coefficient (Wildman–Crippen LogP) is 6.01. The Morgan fingerprint density at radius 2 is 1.86 bits per heavy atom. The van der Waals surface area contributed by atoms with Crippen molar-refractivity contribution in [2.75, 3.05) is 44.2 Å². The molecular formula is C28H38F2N4O2. The molecule has 2 aromatic rings. The molecule has 0 amide bonds. The smallest absolute Gasteiger partial charge is 0.324 e. The minimum Gasteiger partial charge on any atom is -0.493 e. The lowest BCUT2D eigenvalue weighted by atomic mass is 9.86. The molecule has 2 saturated heterocycles. The van der Waals surface area contributed by atoms with Crippen LogP contribution in [0, 0.1) is 11.8 Å². The fourth-order valence-corrected chi connectivity index (χ4v) is 5.50. The largest absolute Gasteiger partial charge is 0.493 e. The minimum absolute atomic E-state index is 0.00771. The molecule has 1 aliphatic carbocycles. The molecule has 8 heteroatoms. The second-order valence-corrected chi connectivity index (χ2v) is 11.1. The number of aromatic nitrogens is 2. The zero-order valence-corrected chi connectivity index (χ0v) is 21.5. The monoisotopic (exact) mass is 500 g/mol. The number of halogens is 2. The fourth-order valence-electron chi connectivity index (χ4n) is 5.50. The van der Waals surface area contributed by atoms with E-state index in [1.807, 2.05) is 4.90 Å². The molecule has 0 saturated carbocycles. The van der Waals surface area contributed by atoms with Crippen LogP contribution in [0.1, 0.15) is 69.7 Å². The maximum atomic E-state index is 13.5. The third-order valence-electron chi connectivity index (χ3n) is 7.83. The number of piperidine rings is 1. The van der Waals surface area contributed by atoms with Crippen molar-refractivity contribution in [3.63, 3.8) is 0 Å². The molecule has 6 nitrogen and oxygen atoms in total. The van der Waals surface area contributed by atoms with Crippen molar-refractivity contribution < 1.29 is 18.0 Å². The van der Waals surface area contributed by atoms with Gasteiger partial charge in [-0.15, -0.1) is 0 Å². The zero-order valence-electron chi connectivity index (χ0n) is 21.5. The van der Waals surface area contributed by atoms with Crippen LogP contribution in [0.3, 0.4) is 0 Å². The zero-order chi connectivity index (χ0) is 25.1. The number of benzene rings is 1. The van der Waals surface area contributed by atoms with Crippen molar-refractivity contribution in [1.29, 1.82) is 0 Å². The minimum atomic E-state index is -2.50. The number of ether oxygens (including phenoxy) is 1. The second-order valence-electron chi connectivity index (χ2n) is 11.1. The normalized spacial score (nSPS) is 23.3. The molecule has 3 aliphatic rings. The standard InChI is InChI=1S/C28H38F2N4O2/c1-20(2)26-31-27(36-32-26)34-14-11-22(12-15-34)18-35-25-9-7-24(8-10-25)23-5-3-21(4-6-23)17-33-16-13-28(29,30)19-33/h5,7-10,20-22H,3-4,6,11-19H2,1-2H3. The summed E-state index contributed by atoms with van der Waals surface area (Å²) < 4.78 is 38.5. The molecule has 5 rings (SSSR count). The van der Waals surface area contributed by atoms with E-state index in [-0.39, 0.29) is 18.9 Å². The highest BCUT2D eigenvalue weighted by Crippen LogP contribution is 2.34. The number of hydrogen-bond acceptors (Lipinski definition) is 6. The van der Waals surface area contributed by atoms with Crippen molar-refractivity contribution >= 4 is 11.6 Å². The fraction of sp³-hybridized carbons (Fsp3) is 0.643. The van der Waals surface area contributed by atoms with Gasteiger partial charge in [0.1, 0.15) is 5.75 Å². The van der Waals surface area contributed by atoms with Gasteiger partial charge in [-0.1, -0.05) is 37.2 Å². The topological polar surface area (TPSA) is 54.6 Å². The summed E-state index contributed by atoms with van der Waals surface area (Å²) >= 11 is 0. The van der Waals surface area contributed by atoms with Crippen LogP contribution in [0.4, 0.5) is 14.8 Å². The Labute approximate surface area is 212 Å². The summed E-state index contributed by atoms with van der Waals surface area (Å²) in [4.78, 5) is 8.63. The number of nitrogens with zero attached hydrogens (tertiary/aromatic N) is 4. The van der Waals surface area contributed by atoms with Gasteiger partial charge in [-0.05, 0) is 67.2 Å². The van der Waals surface area contributed by atoms with Gasteiger partial charge in [0.15, 0.2) is 5.82 Å². The van der Waals surface area contributed by atoms with Crippen LogP contribution in [0.25, 0.3) is 5.57 Å². The van der Waals surface area contributed by atoms with E-state index in [9.17, 15) is 8.78 Å².